The molecule has 0 aliphatic heterocycles. The lowest BCUT2D eigenvalue weighted by Gasteiger charge is -2.14. The third-order valence-electron chi connectivity index (χ3n) is 3.38. The first-order chi connectivity index (χ1) is 7.67. The van der Waals surface area contributed by atoms with E-state index < -0.39 is 5.97 Å². The zero-order chi connectivity index (χ0) is 11.6. The summed E-state index contributed by atoms with van der Waals surface area (Å²) >= 11 is 0. The monoisotopic (exact) mass is 220 g/mol. The van der Waals surface area contributed by atoms with Crippen LogP contribution in [-0.4, -0.2) is 22.6 Å². The van der Waals surface area contributed by atoms with Crippen LogP contribution in [0.1, 0.15) is 36.5 Å². The number of aromatic nitrogens is 1. The van der Waals surface area contributed by atoms with Gasteiger partial charge in [0.15, 0.2) is 0 Å². The van der Waals surface area contributed by atoms with Crippen LogP contribution in [0.25, 0.3) is 0 Å². The topological polar surface area (TPSA) is 62.2 Å². The number of pyridine rings is 1. The molecule has 1 heterocycles. The van der Waals surface area contributed by atoms with Crippen molar-refractivity contribution in [1.29, 1.82) is 0 Å². The molecule has 1 saturated carbocycles. The fourth-order valence-corrected chi connectivity index (χ4v) is 1.82. The summed E-state index contributed by atoms with van der Waals surface area (Å²) in [6, 6.07) is 3.21. The van der Waals surface area contributed by atoms with Crippen LogP contribution < -0.4 is 5.32 Å². The number of aromatic carboxylic acids is 1. The van der Waals surface area contributed by atoms with Gasteiger partial charge in [-0.05, 0) is 36.8 Å². The van der Waals surface area contributed by atoms with Crippen molar-refractivity contribution in [2.45, 2.75) is 26.2 Å². The molecule has 86 valence electrons. The number of carboxylic acids is 1. The summed E-state index contributed by atoms with van der Waals surface area (Å²) in [5, 5.41) is 12.1. The molecule has 2 rings (SSSR count). The zero-order valence-electron chi connectivity index (χ0n) is 9.36. The highest BCUT2D eigenvalue weighted by molar-refractivity contribution is 5.92. The molecular formula is C12H16N2O2. The number of carbonyl (C=O) groups is 1. The van der Waals surface area contributed by atoms with E-state index in [9.17, 15) is 4.79 Å². The van der Waals surface area contributed by atoms with Gasteiger partial charge in [0, 0.05) is 12.7 Å². The minimum atomic E-state index is -0.933. The first-order valence-corrected chi connectivity index (χ1v) is 5.59. The van der Waals surface area contributed by atoms with Crippen LogP contribution in [0.4, 0.5) is 5.82 Å². The number of nitrogens with zero attached hydrogens (tertiary/aromatic N) is 1. The molecule has 4 nitrogen and oxygen atoms in total. The maximum Gasteiger partial charge on any atom is 0.339 e. The first kappa shape index (κ1) is 10.9. The second-order valence-corrected chi connectivity index (χ2v) is 4.41. The van der Waals surface area contributed by atoms with E-state index in [-0.39, 0.29) is 5.56 Å². The highest BCUT2D eigenvalue weighted by Crippen LogP contribution is 2.48. The lowest BCUT2D eigenvalue weighted by Crippen LogP contribution is -2.17. The highest BCUT2D eigenvalue weighted by Gasteiger charge is 2.40. The standard InChI is InChI=1S/C12H16N2O2/c1-2-12(5-6-12)8-14-10-9(11(15)16)4-3-7-13-10/h3-4,7H,2,5-6,8H2,1H3,(H,13,14)(H,15,16). The minimum absolute atomic E-state index is 0.245. The maximum atomic E-state index is 11.0. The maximum absolute atomic E-state index is 11.0. The number of hydrogen-bond acceptors (Lipinski definition) is 3. The van der Waals surface area contributed by atoms with E-state index in [1.165, 1.54) is 12.8 Å². The fraction of sp³-hybridized carbons (Fsp3) is 0.500. The molecule has 0 amide bonds. The molecule has 0 unspecified atom stereocenters. The van der Waals surface area contributed by atoms with Crippen LogP contribution in [0, 0.1) is 5.41 Å². The molecule has 0 radical (unpaired) electrons. The molecule has 0 spiro atoms. The Labute approximate surface area is 94.7 Å². The van der Waals surface area contributed by atoms with E-state index >= 15 is 0 Å². The lowest BCUT2D eigenvalue weighted by atomic mass is 10.0. The molecule has 0 bridgehead atoms. The van der Waals surface area contributed by atoms with Crippen LogP contribution in [0.15, 0.2) is 18.3 Å². The fourth-order valence-electron chi connectivity index (χ4n) is 1.82. The van der Waals surface area contributed by atoms with E-state index in [2.05, 4.69) is 17.2 Å². The van der Waals surface area contributed by atoms with Crippen LogP contribution >= 0.6 is 0 Å². The number of carboxylic acid groups (broad SMARTS) is 1. The Hall–Kier alpha value is -1.58. The zero-order valence-corrected chi connectivity index (χ0v) is 9.36. The van der Waals surface area contributed by atoms with Crippen LogP contribution in [0.3, 0.4) is 0 Å². The van der Waals surface area contributed by atoms with Gasteiger partial charge in [0.1, 0.15) is 11.4 Å². The Balaban J connectivity index is 2.06. The lowest BCUT2D eigenvalue weighted by molar-refractivity contribution is 0.0697. The van der Waals surface area contributed by atoms with Crippen molar-refractivity contribution < 1.29 is 9.90 Å². The van der Waals surface area contributed by atoms with E-state index in [1.807, 2.05) is 0 Å². The third kappa shape index (κ3) is 2.15. The summed E-state index contributed by atoms with van der Waals surface area (Å²) in [7, 11) is 0. The van der Waals surface area contributed by atoms with Crippen molar-refractivity contribution in [3.63, 3.8) is 0 Å². The molecule has 0 saturated heterocycles. The molecule has 2 N–H and O–H groups in total. The van der Waals surface area contributed by atoms with Gasteiger partial charge in [-0.15, -0.1) is 0 Å². The molecule has 0 aromatic carbocycles. The molecule has 16 heavy (non-hydrogen) atoms. The number of rotatable bonds is 5. The summed E-state index contributed by atoms with van der Waals surface area (Å²) < 4.78 is 0. The molecule has 1 aromatic rings. The molecule has 1 fully saturated rings. The molecular weight excluding hydrogens is 204 g/mol. The predicted octanol–water partition coefficient (Wildman–Crippen LogP) is 2.38. The van der Waals surface area contributed by atoms with Crippen molar-refractivity contribution in [1.82, 2.24) is 4.98 Å². The summed E-state index contributed by atoms with van der Waals surface area (Å²) in [6.07, 6.45) is 5.20. The first-order valence-electron chi connectivity index (χ1n) is 5.59. The van der Waals surface area contributed by atoms with Gasteiger partial charge in [0.2, 0.25) is 0 Å². The average molecular weight is 220 g/mol. The van der Waals surface area contributed by atoms with Gasteiger partial charge in [-0.1, -0.05) is 6.92 Å². The van der Waals surface area contributed by atoms with Crippen molar-refractivity contribution in [2.24, 2.45) is 5.41 Å². The molecule has 1 aromatic heterocycles. The Kier molecular flexibility index (Phi) is 2.81. The number of anilines is 1. The highest BCUT2D eigenvalue weighted by atomic mass is 16.4. The van der Waals surface area contributed by atoms with Gasteiger partial charge in [0.25, 0.3) is 0 Å². The second-order valence-electron chi connectivity index (χ2n) is 4.41. The van der Waals surface area contributed by atoms with Crippen LogP contribution in [0.5, 0.6) is 0 Å². The van der Waals surface area contributed by atoms with Gasteiger partial charge in [-0.2, -0.15) is 0 Å². The van der Waals surface area contributed by atoms with Crippen molar-refractivity contribution in [3.05, 3.63) is 23.9 Å². The Morgan fingerprint density at radius 2 is 2.38 bits per heavy atom. The Bertz CT molecular complexity index is 400. The Morgan fingerprint density at radius 3 is 2.94 bits per heavy atom. The molecule has 1 aliphatic carbocycles. The summed E-state index contributed by atoms with van der Waals surface area (Å²) in [4.78, 5) is 15.0. The van der Waals surface area contributed by atoms with E-state index in [0.29, 0.717) is 11.2 Å². The smallest absolute Gasteiger partial charge is 0.339 e. The predicted molar refractivity (Wildman–Crippen MR) is 61.6 cm³/mol. The van der Waals surface area contributed by atoms with Gasteiger partial charge in [-0.3, -0.25) is 0 Å². The average Bonchev–Trinajstić information content (AvgIpc) is 3.07. The SMILES string of the molecule is CCC1(CNc2ncccc2C(=O)O)CC1. The second kappa shape index (κ2) is 4.12. The quantitative estimate of drug-likeness (QED) is 0.799. The van der Waals surface area contributed by atoms with Crippen molar-refractivity contribution in [2.75, 3.05) is 11.9 Å². The summed E-state index contributed by atoms with van der Waals surface area (Å²) in [6.45, 7) is 2.99. The van der Waals surface area contributed by atoms with Gasteiger partial charge >= 0.3 is 5.97 Å². The van der Waals surface area contributed by atoms with Crippen molar-refractivity contribution >= 4 is 11.8 Å². The van der Waals surface area contributed by atoms with Gasteiger partial charge in [0.05, 0.1) is 0 Å². The minimum Gasteiger partial charge on any atom is -0.478 e. The van der Waals surface area contributed by atoms with Gasteiger partial charge in [-0.25, -0.2) is 9.78 Å². The van der Waals surface area contributed by atoms with E-state index in [0.717, 1.165) is 13.0 Å². The van der Waals surface area contributed by atoms with E-state index in [1.54, 1.807) is 18.3 Å². The van der Waals surface area contributed by atoms with Crippen LogP contribution in [-0.2, 0) is 0 Å². The largest absolute Gasteiger partial charge is 0.478 e. The number of nitrogens with one attached hydrogen (secondary N) is 1. The summed E-state index contributed by atoms with van der Waals surface area (Å²) in [5.74, 6) is -0.452. The van der Waals surface area contributed by atoms with E-state index in [4.69, 9.17) is 5.11 Å². The summed E-state index contributed by atoms with van der Waals surface area (Å²) in [5.41, 5.74) is 0.627. The third-order valence-corrected chi connectivity index (χ3v) is 3.38. The van der Waals surface area contributed by atoms with Crippen molar-refractivity contribution in [3.8, 4) is 0 Å². The normalized spacial score (nSPS) is 16.8. The number of hydrogen-bond donors (Lipinski definition) is 2. The van der Waals surface area contributed by atoms with Crippen LogP contribution in [0.2, 0.25) is 0 Å². The molecule has 1 aliphatic rings. The van der Waals surface area contributed by atoms with Gasteiger partial charge < -0.3 is 10.4 Å². The molecule has 4 heteroatoms. The molecule has 0 atom stereocenters. The Morgan fingerprint density at radius 1 is 1.62 bits per heavy atom.